The number of carbonyl (C=O) groups is 2. The van der Waals surface area contributed by atoms with Crippen molar-refractivity contribution in [3.05, 3.63) is 94.3 Å². The lowest BCUT2D eigenvalue weighted by molar-refractivity contribution is -0.117. The highest BCUT2D eigenvalue weighted by Gasteiger charge is 2.46. The first-order valence-corrected chi connectivity index (χ1v) is 11.0. The molecular weight excluding hydrogens is 488 g/mol. The zero-order valence-electron chi connectivity index (χ0n) is 17.8. The van der Waals surface area contributed by atoms with Gasteiger partial charge in [-0.1, -0.05) is 15.9 Å². The van der Waals surface area contributed by atoms with Crippen LogP contribution in [-0.2, 0) is 4.79 Å². The molecule has 1 aliphatic heterocycles. The van der Waals surface area contributed by atoms with Crippen LogP contribution in [-0.4, -0.2) is 30.9 Å². The van der Waals surface area contributed by atoms with Crippen LogP contribution in [0.15, 0.2) is 91.6 Å². The molecule has 0 fully saturated rings. The number of anilines is 2. The number of amides is 1. The highest BCUT2D eigenvalue weighted by atomic mass is 79.9. The van der Waals surface area contributed by atoms with Crippen molar-refractivity contribution in [2.45, 2.75) is 6.04 Å². The second kappa shape index (κ2) is 7.97. The lowest BCUT2D eigenvalue weighted by atomic mass is 9.99. The van der Waals surface area contributed by atoms with E-state index in [1.807, 2.05) is 37.2 Å². The number of ketones is 1. The van der Waals surface area contributed by atoms with Gasteiger partial charge >= 0.3 is 0 Å². The van der Waals surface area contributed by atoms with Crippen LogP contribution in [0.25, 0.3) is 11.0 Å². The lowest BCUT2D eigenvalue weighted by Gasteiger charge is -2.25. The molecule has 0 saturated carbocycles. The minimum Gasteiger partial charge on any atom is -0.503 e. The average Bonchev–Trinajstić information content (AvgIpc) is 3.52. The van der Waals surface area contributed by atoms with Crippen molar-refractivity contribution in [3.8, 4) is 0 Å². The summed E-state index contributed by atoms with van der Waals surface area (Å²) in [6, 6.07) is 16.6. The smallest absolute Gasteiger partial charge is 0.294 e. The summed E-state index contributed by atoms with van der Waals surface area (Å²) >= 11 is 3.40. The molecule has 3 heterocycles. The SMILES string of the molecule is CN(C)c1ccc(N2C(=O)C(O)=C(C(=O)c3cc4cc(Br)ccc4o3)C2c2ccco2)cc1. The minimum absolute atomic E-state index is 0.0267. The van der Waals surface area contributed by atoms with Gasteiger partial charge in [0.05, 0.1) is 11.8 Å². The first-order valence-electron chi connectivity index (χ1n) is 10.2. The van der Waals surface area contributed by atoms with Gasteiger partial charge in [0, 0.05) is 35.3 Å². The highest BCUT2D eigenvalue weighted by Crippen LogP contribution is 2.42. The van der Waals surface area contributed by atoms with Crippen molar-refractivity contribution in [2.24, 2.45) is 0 Å². The second-order valence-electron chi connectivity index (χ2n) is 7.89. The van der Waals surface area contributed by atoms with E-state index in [0.29, 0.717) is 17.0 Å². The van der Waals surface area contributed by atoms with Gasteiger partial charge in [0.15, 0.2) is 11.5 Å². The molecule has 5 rings (SSSR count). The zero-order chi connectivity index (χ0) is 23.3. The van der Waals surface area contributed by atoms with E-state index in [9.17, 15) is 14.7 Å². The van der Waals surface area contributed by atoms with Crippen LogP contribution in [0.1, 0.15) is 22.4 Å². The summed E-state index contributed by atoms with van der Waals surface area (Å²) in [5.41, 5.74) is 1.90. The number of hydrogen-bond donors (Lipinski definition) is 1. The Morgan fingerprint density at radius 3 is 2.52 bits per heavy atom. The highest BCUT2D eigenvalue weighted by molar-refractivity contribution is 9.10. The van der Waals surface area contributed by atoms with Crippen LogP contribution in [0, 0.1) is 0 Å². The fraction of sp³-hybridized carbons (Fsp3) is 0.120. The summed E-state index contributed by atoms with van der Waals surface area (Å²) in [4.78, 5) is 30.0. The minimum atomic E-state index is -0.940. The number of carbonyl (C=O) groups excluding carboxylic acids is 2. The van der Waals surface area contributed by atoms with Crippen molar-refractivity contribution in [1.82, 2.24) is 0 Å². The molecule has 1 amide bonds. The predicted molar refractivity (Wildman–Crippen MR) is 128 cm³/mol. The van der Waals surface area contributed by atoms with E-state index in [2.05, 4.69) is 15.9 Å². The zero-order valence-corrected chi connectivity index (χ0v) is 19.4. The summed E-state index contributed by atoms with van der Waals surface area (Å²) in [5, 5.41) is 11.5. The third kappa shape index (κ3) is 3.52. The average molecular weight is 507 g/mol. The Hall–Kier alpha value is -3.78. The van der Waals surface area contributed by atoms with Crippen LogP contribution in [0.3, 0.4) is 0 Å². The summed E-state index contributed by atoms with van der Waals surface area (Å²) in [7, 11) is 3.83. The van der Waals surface area contributed by atoms with E-state index in [-0.39, 0.29) is 11.3 Å². The van der Waals surface area contributed by atoms with Crippen molar-refractivity contribution in [3.63, 3.8) is 0 Å². The summed E-state index contributed by atoms with van der Waals surface area (Å²) in [6.45, 7) is 0. The first kappa shape index (κ1) is 21.1. The molecule has 33 heavy (non-hydrogen) atoms. The van der Waals surface area contributed by atoms with Gasteiger partial charge in [-0.2, -0.15) is 0 Å². The van der Waals surface area contributed by atoms with Crippen molar-refractivity contribution < 1.29 is 23.5 Å². The number of halogens is 1. The number of nitrogens with zero attached hydrogens (tertiary/aromatic N) is 2. The monoisotopic (exact) mass is 506 g/mol. The Morgan fingerprint density at radius 2 is 1.85 bits per heavy atom. The van der Waals surface area contributed by atoms with Crippen molar-refractivity contribution >= 4 is 50.0 Å². The van der Waals surface area contributed by atoms with Gasteiger partial charge in [0.1, 0.15) is 17.4 Å². The molecule has 1 unspecified atom stereocenters. The van der Waals surface area contributed by atoms with E-state index in [0.717, 1.165) is 15.5 Å². The molecule has 1 N–H and O–H groups in total. The molecule has 7 nitrogen and oxygen atoms in total. The molecule has 2 aromatic carbocycles. The molecule has 2 aromatic heterocycles. The third-order valence-corrected chi connectivity index (χ3v) is 6.11. The van der Waals surface area contributed by atoms with Gasteiger partial charge in [-0.05, 0) is 60.7 Å². The van der Waals surface area contributed by atoms with Crippen molar-refractivity contribution in [1.29, 1.82) is 0 Å². The Morgan fingerprint density at radius 1 is 1.09 bits per heavy atom. The number of benzene rings is 2. The van der Waals surface area contributed by atoms with E-state index in [4.69, 9.17) is 8.83 Å². The van der Waals surface area contributed by atoms with Crippen LogP contribution in [0.2, 0.25) is 0 Å². The van der Waals surface area contributed by atoms with Gasteiger partial charge in [-0.15, -0.1) is 0 Å². The topological polar surface area (TPSA) is 87.1 Å². The Labute approximate surface area is 197 Å². The molecule has 0 spiro atoms. The second-order valence-corrected chi connectivity index (χ2v) is 8.80. The molecule has 1 aliphatic rings. The van der Waals surface area contributed by atoms with Crippen LogP contribution in [0.5, 0.6) is 0 Å². The maximum Gasteiger partial charge on any atom is 0.294 e. The van der Waals surface area contributed by atoms with Gasteiger partial charge in [-0.25, -0.2) is 0 Å². The Kier molecular flexibility index (Phi) is 5.09. The maximum atomic E-state index is 13.5. The number of Topliss-reactive ketones (excluding diaryl/α,β-unsaturated/α-hetero) is 1. The quantitative estimate of drug-likeness (QED) is 0.352. The number of rotatable bonds is 5. The number of aliphatic hydroxyl groups is 1. The van der Waals surface area contributed by atoms with Crippen LogP contribution < -0.4 is 9.80 Å². The van der Waals surface area contributed by atoms with E-state index in [1.165, 1.54) is 11.2 Å². The molecule has 0 bridgehead atoms. The normalized spacial score (nSPS) is 16.2. The van der Waals surface area contributed by atoms with E-state index >= 15 is 0 Å². The summed E-state index contributed by atoms with van der Waals surface area (Å²) in [5.74, 6) is -1.51. The van der Waals surface area contributed by atoms with Crippen LogP contribution >= 0.6 is 15.9 Å². The number of hydrogen-bond acceptors (Lipinski definition) is 6. The maximum absolute atomic E-state index is 13.5. The number of fused-ring (bicyclic) bond motifs is 1. The molecular formula is C25H19BrN2O5. The van der Waals surface area contributed by atoms with Gasteiger partial charge in [-0.3, -0.25) is 14.5 Å². The third-order valence-electron chi connectivity index (χ3n) is 5.61. The fourth-order valence-corrected chi connectivity index (χ4v) is 4.37. The molecule has 1 atom stereocenters. The predicted octanol–water partition coefficient (Wildman–Crippen LogP) is 5.64. The lowest BCUT2D eigenvalue weighted by Crippen LogP contribution is -2.30. The summed E-state index contributed by atoms with van der Waals surface area (Å²) < 4.78 is 12.2. The van der Waals surface area contributed by atoms with Crippen molar-refractivity contribution in [2.75, 3.05) is 23.9 Å². The Balaban J connectivity index is 1.60. The molecule has 0 radical (unpaired) electrons. The summed E-state index contributed by atoms with van der Waals surface area (Å²) in [6.07, 6.45) is 1.46. The largest absolute Gasteiger partial charge is 0.503 e. The first-order chi connectivity index (χ1) is 15.8. The molecule has 8 heteroatoms. The fourth-order valence-electron chi connectivity index (χ4n) is 3.99. The standard InChI is InChI=1S/C25H19BrN2O5/c1-27(2)16-6-8-17(9-7-16)28-22(19-4-3-11-32-19)21(24(30)25(28)31)23(29)20-13-14-12-15(26)5-10-18(14)33-20/h3-13,22,30H,1-2H3. The molecule has 0 saturated heterocycles. The van der Waals surface area contributed by atoms with Gasteiger partial charge in [0.2, 0.25) is 5.78 Å². The van der Waals surface area contributed by atoms with Gasteiger partial charge in [0.25, 0.3) is 5.91 Å². The number of furan rings is 2. The number of aliphatic hydroxyl groups excluding tert-OH is 1. The van der Waals surface area contributed by atoms with Gasteiger partial charge < -0.3 is 18.8 Å². The Bertz CT molecular complexity index is 1400. The van der Waals surface area contributed by atoms with Crippen LogP contribution in [0.4, 0.5) is 11.4 Å². The van der Waals surface area contributed by atoms with E-state index in [1.54, 1.807) is 42.5 Å². The molecule has 0 aliphatic carbocycles. The van der Waals surface area contributed by atoms with E-state index < -0.39 is 23.5 Å². The molecule has 166 valence electrons. The molecule has 4 aromatic rings.